The molecular formula is C4H5NO7P-3. The molecule has 8 nitrogen and oxygen atoms in total. The smallest absolute Gasteiger partial charge is 0.311 e. The summed E-state index contributed by atoms with van der Waals surface area (Å²) in [5.74, 6) is -3.27. The Morgan fingerprint density at radius 3 is 2.23 bits per heavy atom. The molecule has 0 rings (SSSR count). The number of phosphoric acid groups is 1. The maximum Gasteiger partial charge on any atom is 0.311 e. The highest BCUT2D eigenvalue weighted by molar-refractivity contribution is 7.43. The largest absolute Gasteiger partial charge is 0.780 e. The molecule has 0 saturated carbocycles. The third-order valence-electron chi connectivity index (χ3n) is 0.903. The second kappa shape index (κ2) is 4.33. The molecule has 1 atom stereocenters. The summed E-state index contributed by atoms with van der Waals surface area (Å²) in [6.07, 6.45) is -0.934. The van der Waals surface area contributed by atoms with E-state index in [-0.39, 0.29) is 0 Å². The van der Waals surface area contributed by atoms with E-state index < -0.39 is 32.2 Å². The molecule has 76 valence electrons. The Morgan fingerprint density at radius 1 is 1.46 bits per heavy atom. The number of hydrogen-bond donors (Lipinski definition) is 1. The van der Waals surface area contributed by atoms with Crippen LogP contribution < -0.4 is 20.6 Å². The molecule has 0 aromatic rings. The highest BCUT2D eigenvalue weighted by atomic mass is 31.2. The van der Waals surface area contributed by atoms with Gasteiger partial charge < -0.3 is 34.5 Å². The summed E-state index contributed by atoms with van der Waals surface area (Å²) in [4.78, 5) is 40.0. The van der Waals surface area contributed by atoms with Crippen LogP contribution in [0.3, 0.4) is 0 Å². The van der Waals surface area contributed by atoms with Gasteiger partial charge in [0.15, 0.2) is 0 Å². The van der Waals surface area contributed by atoms with E-state index in [2.05, 4.69) is 4.52 Å². The van der Waals surface area contributed by atoms with E-state index in [0.29, 0.717) is 0 Å². The number of phosphoric ester groups is 1. The third-order valence-corrected chi connectivity index (χ3v) is 1.33. The summed E-state index contributed by atoms with van der Waals surface area (Å²) >= 11 is 0. The van der Waals surface area contributed by atoms with Crippen molar-refractivity contribution in [1.29, 1.82) is 0 Å². The molecule has 0 aliphatic carbocycles. The first kappa shape index (κ1) is 12.0. The van der Waals surface area contributed by atoms with Crippen molar-refractivity contribution in [3.05, 3.63) is 0 Å². The summed E-state index contributed by atoms with van der Waals surface area (Å²) in [5, 5.41) is 9.93. The van der Waals surface area contributed by atoms with E-state index in [4.69, 9.17) is 5.73 Å². The van der Waals surface area contributed by atoms with E-state index >= 15 is 0 Å². The topological polar surface area (TPSA) is 156 Å². The zero-order chi connectivity index (χ0) is 10.6. The van der Waals surface area contributed by atoms with Crippen molar-refractivity contribution in [2.75, 3.05) is 0 Å². The number of carbonyl (C=O) groups is 2. The SMILES string of the molecule is N[C@@H](CC(=O)OP(=O)([O-])[O-])C(=O)[O-]. The van der Waals surface area contributed by atoms with E-state index in [0.717, 1.165) is 0 Å². The molecule has 0 saturated heterocycles. The molecule has 0 amide bonds. The Balaban J connectivity index is 4.03. The van der Waals surface area contributed by atoms with Crippen molar-refractivity contribution in [1.82, 2.24) is 0 Å². The first-order valence-corrected chi connectivity index (χ1v) is 4.39. The lowest BCUT2D eigenvalue weighted by Crippen LogP contribution is -2.43. The van der Waals surface area contributed by atoms with Gasteiger partial charge in [-0.1, -0.05) is 0 Å². The zero-order valence-electron chi connectivity index (χ0n) is 6.17. The van der Waals surface area contributed by atoms with Crippen LogP contribution in [0.15, 0.2) is 0 Å². The number of rotatable bonds is 4. The van der Waals surface area contributed by atoms with Crippen LogP contribution in [0.5, 0.6) is 0 Å². The van der Waals surface area contributed by atoms with Crippen molar-refractivity contribution >= 4 is 19.8 Å². The molecule has 0 fully saturated rings. The minimum Gasteiger partial charge on any atom is -0.780 e. The van der Waals surface area contributed by atoms with Gasteiger partial charge in [0.1, 0.15) is 7.82 Å². The number of carboxylic acids is 1. The van der Waals surface area contributed by atoms with E-state index in [1.54, 1.807) is 0 Å². The van der Waals surface area contributed by atoms with E-state index in [9.17, 15) is 29.0 Å². The summed E-state index contributed by atoms with van der Waals surface area (Å²) in [5.41, 5.74) is 4.78. The van der Waals surface area contributed by atoms with Gasteiger partial charge in [-0.2, -0.15) is 0 Å². The lowest BCUT2D eigenvalue weighted by Gasteiger charge is -2.28. The van der Waals surface area contributed by atoms with Gasteiger partial charge >= 0.3 is 5.97 Å². The minimum atomic E-state index is -5.43. The molecule has 0 aliphatic rings. The molecular weight excluding hydrogens is 205 g/mol. The maximum atomic E-state index is 10.4. The lowest BCUT2D eigenvalue weighted by molar-refractivity contribution is -0.338. The fraction of sp³-hybridized carbons (Fsp3) is 0.500. The summed E-state index contributed by atoms with van der Waals surface area (Å²) in [7, 11) is -5.43. The maximum absolute atomic E-state index is 10.4. The first-order valence-electron chi connectivity index (χ1n) is 2.93. The molecule has 0 spiro atoms. The second-order valence-corrected chi connectivity index (χ2v) is 3.12. The van der Waals surface area contributed by atoms with Gasteiger partial charge in [-0.15, -0.1) is 0 Å². The van der Waals surface area contributed by atoms with Gasteiger partial charge in [0, 0.05) is 0 Å². The van der Waals surface area contributed by atoms with Crippen molar-refractivity contribution in [3.8, 4) is 0 Å². The van der Waals surface area contributed by atoms with Crippen molar-refractivity contribution in [3.63, 3.8) is 0 Å². The van der Waals surface area contributed by atoms with Gasteiger partial charge in [-0.25, -0.2) is 0 Å². The summed E-state index contributed by atoms with van der Waals surface area (Å²) in [6.45, 7) is 0. The minimum absolute atomic E-state index is 0.934. The second-order valence-electron chi connectivity index (χ2n) is 2.04. The predicted molar refractivity (Wildman–Crippen MR) is 31.3 cm³/mol. The fourth-order valence-electron chi connectivity index (χ4n) is 0.425. The molecule has 0 heterocycles. The molecule has 0 aromatic carbocycles. The van der Waals surface area contributed by atoms with Crippen LogP contribution in [0.1, 0.15) is 6.42 Å². The number of nitrogens with two attached hydrogens (primary N) is 1. The Labute approximate surface area is 72.5 Å². The van der Waals surface area contributed by atoms with Crippen LogP contribution in [0.4, 0.5) is 0 Å². The molecule has 9 heteroatoms. The molecule has 0 radical (unpaired) electrons. The molecule has 2 N–H and O–H groups in total. The van der Waals surface area contributed by atoms with Gasteiger partial charge in [0.25, 0.3) is 0 Å². The summed E-state index contributed by atoms with van der Waals surface area (Å²) < 4.78 is 13.1. The summed E-state index contributed by atoms with van der Waals surface area (Å²) in [6, 6.07) is -1.70. The van der Waals surface area contributed by atoms with E-state index in [1.165, 1.54) is 0 Å². The molecule has 0 unspecified atom stereocenters. The standard InChI is InChI=1S/C4H8NO7P/c5-2(4(7)8)1-3(6)12-13(9,10)11/h2H,1,5H2,(H,7,8)(H2,9,10,11)/p-3/t2-/m0/s1. The number of carbonyl (C=O) groups excluding carboxylic acids is 2. The number of hydrogen-bond acceptors (Lipinski definition) is 8. The third kappa shape index (κ3) is 6.23. The van der Waals surface area contributed by atoms with Crippen LogP contribution in [-0.2, 0) is 18.7 Å². The Hall–Kier alpha value is -0.950. The van der Waals surface area contributed by atoms with Crippen molar-refractivity contribution in [2.24, 2.45) is 5.73 Å². The average molecular weight is 210 g/mol. The first-order chi connectivity index (χ1) is 5.72. The monoisotopic (exact) mass is 210 g/mol. The quantitative estimate of drug-likeness (QED) is 0.458. The Kier molecular flexibility index (Phi) is 4.02. The lowest BCUT2D eigenvalue weighted by atomic mass is 10.2. The highest BCUT2D eigenvalue weighted by Gasteiger charge is 2.12. The average Bonchev–Trinajstić information content (AvgIpc) is 1.81. The van der Waals surface area contributed by atoms with Gasteiger partial charge in [0.2, 0.25) is 0 Å². The normalized spacial score (nSPS) is 13.5. The van der Waals surface area contributed by atoms with Crippen LogP contribution in [-0.4, -0.2) is 18.0 Å². The zero-order valence-corrected chi connectivity index (χ0v) is 7.06. The van der Waals surface area contributed by atoms with Gasteiger partial charge in [-0.3, -0.25) is 4.79 Å². The Bertz CT molecular complexity index is 257. The highest BCUT2D eigenvalue weighted by Crippen LogP contribution is 2.25. The van der Waals surface area contributed by atoms with Crippen LogP contribution in [0, 0.1) is 0 Å². The predicted octanol–water partition coefficient (Wildman–Crippen LogP) is -4.17. The van der Waals surface area contributed by atoms with Crippen molar-refractivity contribution < 1.29 is 33.6 Å². The molecule has 0 bridgehead atoms. The van der Waals surface area contributed by atoms with Gasteiger partial charge in [-0.05, 0) is 0 Å². The van der Waals surface area contributed by atoms with Crippen LogP contribution in [0.2, 0.25) is 0 Å². The molecule has 13 heavy (non-hydrogen) atoms. The Morgan fingerprint density at radius 2 is 1.92 bits per heavy atom. The number of aliphatic carboxylic acids is 1. The molecule has 0 aromatic heterocycles. The fourth-order valence-corrected chi connectivity index (χ4v) is 0.749. The van der Waals surface area contributed by atoms with Crippen LogP contribution in [0.25, 0.3) is 0 Å². The van der Waals surface area contributed by atoms with Crippen LogP contribution >= 0.6 is 7.82 Å². The molecule has 0 aliphatic heterocycles. The van der Waals surface area contributed by atoms with Crippen molar-refractivity contribution in [2.45, 2.75) is 12.5 Å². The van der Waals surface area contributed by atoms with Gasteiger partial charge in [0.05, 0.1) is 18.4 Å². The van der Waals surface area contributed by atoms with E-state index in [1.807, 2.05) is 0 Å². The number of carboxylic acid groups (broad SMARTS) is 1.